The molecule has 0 bridgehead atoms. The monoisotopic (exact) mass is 253 g/mol. The van der Waals surface area contributed by atoms with Crippen molar-refractivity contribution in [2.24, 2.45) is 0 Å². The Labute approximate surface area is 108 Å². The lowest BCUT2D eigenvalue weighted by Crippen LogP contribution is -2.53. The van der Waals surface area contributed by atoms with Crippen LogP contribution in [-0.4, -0.2) is 48.4 Å². The minimum absolute atomic E-state index is 0.0120. The Balaban J connectivity index is 1.79. The fourth-order valence-corrected chi connectivity index (χ4v) is 2.28. The van der Waals surface area contributed by atoms with E-state index in [0.29, 0.717) is 12.6 Å². The highest BCUT2D eigenvalue weighted by molar-refractivity contribution is 5.88. The lowest BCUT2D eigenvalue weighted by molar-refractivity contribution is -0.140. The minimum atomic E-state index is -0.0903. The smallest absolute Gasteiger partial charge is 0.240 e. The van der Waals surface area contributed by atoms with E-state index < -0.39 is 0 Å². The number of carbonyl (C=O) groups is 2. The van der Waals surface area contributed by atoms with E-state index in [4.69, 9.17) is 0 Å². The van der Waals surface area contributed by atoms with E-state index in [9.17, 15) is 9.59 Å². The molecular formula is C13H23N3O2. The number of carbonyl (C=O) groups excluding carboxylic acids is 2. The van der Waals surface area contributed by atoms with Crippen LogP contribution >= 0.6 is 0 Å². The summed E-state index contributed by atoms with van der Waals surface area (Å²) in [5.41, 5.74) is 0. The maximum absolute atomic E-state index is 12.2. The van der Waals surface area contributed by atoms with Crippen LogP contribution in [0.5, 0.6) is 0 Å². The molecule has 1 aliphatic carbocycles. The van der Waals surface area contributed by atoms with Gasteiger partial charge >= 0.3 is 0 Å². The van der Waals surface area contributed by atoms with Gasteiger partial charge < -0.3 is 15.5 Å². The van der Waals surface area contributed by atoms with Crippen molar-refractivity contribution in [3.05, 3.63) is 0 Å². The van der Waals surface area contributed by atoms with Gasteiger partial charge in [0.1, 0.15) is 0 Å². The van der Waals surface area contributed by atoms with E-state index in [1.165, 1.54) is 0 Å². The van der Waals surface area contributed by atoms with Gasteiger partial charge in [-0.2, -0.15) is 0 Å². The summed E-state index contributed by atoms with van der Waals surface area (Å²) in [5.74, 6) is 0.0719. The van der Waals surface area contributed by atoms with Crippen LogP contribution in [0.3, 0.4) is 0 Å². The molecule has 1 atom stereocenters. The quantitative estimate of drug-likeness (QED) is 0.713. The van der Waals surface area contributed by atoms with Crippen LogP contribution in [0.4, 0.5) is 0 Å². The molecule has 1 unspecified atom stereocenters. The van der Waals surface area contributed by atoms with Crippen molar-refractivity contribution in [3.8, 4) is 0 Å². The molecule has 18 heavy (non-hydrogen) atoms. The van der Waals surface area contributed by atoms with Gasteiger partial charge in [-0.3, -0.25) is 9.59 Å². The Kier molecular flexibility index (Phi) is 4.58. The molecule has 0 radical (unpaired) electrons. The van der Waals surface area contributed by atoms with E-state index in [0.717, 1.165) is 38.6 Å². The van der Waals surface area contributed by atoms with Crippen LogP contribution in [0.2, 0.25) is 0 Å². The van der Waals surface area contributed by atoms with Gasteiger partial charge in [-0.05, 0) is 38.6 Å². The van der Waals surface area contributed by atoms with Crippen LogP contribution < -0.4 is 10.6 Å². The molecule has 0 spiro atoms. The molecule has 2 N–H and O–H groups in total. The summed E-state index contributed by atoms with van der Waals surface area (Å²) in [7, 11) is 0. The highest BCUT2D eigenvalue weighted by Gasteiger charge is 2.30. The van der Waals surface area contributed by atoms with Crippen molar-refractivity contribution in [2.45, 2.75) is 51.1 Å². The normalized spacial score (nSPS) is 24.2. The molecule has 2 aliphatic rings. The van der Waals surface area contributed by atoms with Gasteiger partial charge in [0, 0.05) is 12.6 Å². The molecule has 102 valence electrons. The van der Waals surface area contributed by atoms with Gasteiger partial charge in [-0.25, -0.2) is 0 Å². The largest absolute Gasteiger partial charge is 0.352 e. The van der Waals surface area contributed by atoms with Crippen molar-refractivity contribution in [1.82, 2.24) is 15.5 Å². The maximum atomic E-state index is 12.2. The minimum Gasteiger partial charge on any atom is -0.352 e. The average Bonchev–Trinajstić information content (AvgIpc) is 3.14. The molecule has 5 heteroatoms. The summed E-state index contributed by atoms with van der Waals surface area (Å²) < 4.78 is 0. The number of likely N-dealkylation sites (tertiary alicyclic amines) is 1. The average molecular weight is 253 g/mol. The number of piperidine rings is 1. The van der Waals surface area contributed by atoms with Gasteiger partial charge in [0.15, 0.2) is 0 Å². The molecular weight excluding hydrogens is 230 g/mol. The number of rotatable bonds is 6. The molecule has 2 amide bonds. The summed E-state index contributed by atoms with van der Waals surface area (Å²) >= 11 is 0. The summed E-state index contributed by atoms with van der Waals surface area (Å²) in [4.78, 5) is 25.5. The zero-order chi connectivity index (χ0) is 13.0. The van der Waals surface area contributed by atoms with Crippen LogP contribution in [-0.2, 0) is 9.59 Å². The van der Waals surface area contributed by atoms with Crippen LogP contribution in [0, 0.1) is 0 Å². The zero-order valence-corrected chi connectivity index (χ0v) is 11.1. The summed E-state index contributed by atoms with van der Waals surface area (Å²) in [6.45, 7) is 3.88. The first-order chi connectivity index (χ1) is 8.70. The number of hydrogen-bond donors (Lipinski definition) is 2. The number of nitrogens with one attached hydrogen (secondary N) is 2. The number of nitrogens with zero attached hydrogens (tertiary/aromatic N) is 1. The highest BCUT2D eigenvalue weighted by Crippen LogP contribution is 2.18. The standard InChI is InChI=1S/C13H23N3O2/c1-2-7-14-11-4-3-8-16(13(11)18)9-12(17)15-10-5-6-10/h10-11,14H,2-9H2,1H3,(H,15,17). The highest BCUT2D eigenvalue weighted by atomic mass is 16.2. The number of hydrogen-bond acceptors (Lipinski definition) is 3. The molecule has 2 rings (SSSR count). The van der Waals surface area contributed by atoms with Gasteiger partial charge in [-0.1, -0.05) is 6.92 Å². The fraction of sp³-hybridized carbons (Fsp3) is 0.846. The third kappa shape index (κ3) is 3.70. The second kappa shape index (κ2) is 6.18. The predicted octanol–water partition coefficient (Wildman–Crippen LogP) is 0.256. The summed E-state index contributed by atoms with van der Waals surface area (Å²) in [6.07, 6.45) is 5.05. The van der Waals surface area contributed by atoms with E-state index >= 15 is 0 Å². The molecule has 1 aliphatic heterocycles. The van der Waals surface area contributed by atoms with Crippen molar-refractivity contribution in [1.29, 1.82) is 0 Å². The second-order valence-electron chi connectivity index (χ2n) is 5.25. The van der Waals surface area contributed by atoms with Crippen molar-refractivity contribution >= 4 is 11.8 Å². The molecule has 0 aromatic rings. The summed E-state index contributed by atoms with van der Waals surface area (Å²) in [5, 5.41) is 6.18. The third-order valence-electron chi connectivity index (χ3n) is 3.45. The molecule has 1 saturated carbocycles. The van der Waals surface area contributed by atoms with Crippen LogP contribution in [0.25, 0.3) is 0 Å². The SMILES string of the molecule is CCCNC1CCCN(CC(=O)NC2CC2)C1=O. The van der Waals surface area contributed by atoms with Gasteiger partial charge in [0.25, 0.3) is 0 Å². The molecule has 0 aromatic heterocycles. The van der Waals surface area contributed by atoms with Crippen LogP contribution in [0.1, 0.15) is 39.0 Å². The van der Waals surface area contributed by atoms with Gasteiger partial charge in [-0.15, -0.1) is 0 Å². The van der Waals surface area contributed by atoms with Crippen molar-refractivity contribution < 1.29 is 9.59 Å². The van der Waals surface area contributed by atoms with E-state index in [1.807, 2.05) is 0 Å². The van der Waals surface area contributed by atoms with Crippen molar-refractivity contribution in [3.63, 3.8) is 0 Å². The maximum Gasteiger partial charge on any atom is 0.240 e. The Hall–Kier alpha value is -1.10. The molecule has 2 fully saturated rings. The van der Waals surface area contributed by atoms with Crippen LogP contribution in [0.15, 0.2) is 0 Å². The second-order valence-corrected chi connectivity index (χ2v) is 5.25. The molecule has 0 aromatic carbocycles. The topological polar surface area (TPSA) is 61.4 Å². The first-order valence-electron chi connectivity index (χ1n) is 7.02. The first kappa shape index (κ1) is 13.3. The lowest BCUT2D eigenvalue weighted by atomic mass is 10.0. The zero-order valence-electron chi connectivity index (χ0n) is 11.1. The van der Waals surface area contributed by atoms with Gasteiger partial charge in [0.2, 0.25) is 11.8 Å². The Morgan fingerprint density at radius 2 is 2.17 bits per heavy atom. The van der Waals surface area contributed by atoms with Crippen molar-refractivity contribution in [2.75, 3.05) is 19.6 Å². The van der Waals surface area contributed by atoms with E-state index in [1.54, 1.807) is 4.90 Å². The predicted molar refractivity (Wildman–Crippen MR) is 69.1 cm³/mol. The van der Waals surface area contributed by atoms with E-state index in [-0.39, 0.29) is 24.4 Å². The Bertz CT molecular complexity index is 315. The fourth-order valence-electron chi connectivity index (χ4n) is 2.28. The molecule has 1 heterocycles. The molecule has 1 saturated heterocycles. The number of amides is 2. The van der Waals surface area contributed by atoms with Gasteiger partial charge in [0.05, 0.1) is 12.6 Å². The molecule has 5 nitrogen and oxygen atoms in total. The first-order valence-corrected chi connectivity index (χ1v) is 7.02. The third-order valence-corrected chi connectivity index (χ3v) is 3.45. The lowest BCUT2D eigenvalue weighted by Gasteiger charge is -2.32. The summed E-state index contributed by atoms with van der Waals surface area (Å²) in [6, 6.07) is 0.277. The van der Waals surface area contributed by atoms with E-state index in [2.05, 4.69) is 17.6 Å². The Morgan fingerprint density at radius 3 is 2.83 bits per heavy atom. The Morgan fingerprint density at radius 1 is 1.39 bits per heavy atom.